The standard InChI is InChI=1S/C14H13N3O6/c1-2-22-14(21)15-10(18)7-23-13(20)11-8-5-3-4-6-9(8)12(19)17-16-11/h3-6H,2,7H2,1H3,(H,17,19)(H,15,18,21). The molecule has 9 nitrogen and oxygen atoms in total. The zero-order valence-corrected chi connectivity index (χ0v) is 12.1. The van der Waals surface area contributed by atoms with Crippen LogP contribution in [-0.2, 0) is 14.3 Å². The number of amides is 2. The highest BCUT2D eigenvalue weighted by Crippen LogP contribution is 2.13. The number of imide groups is 1. The average Bonchev–Trinajstić information content (AvgIpc) is 2.53. The second-order valence-corrected chi connectivity index (χ2v) is 4.29. The van der Waals surface area contributed by atoms with Gasteiger partial charge in [-0.15, -0.1) is 0 Å². The van der Waals surface area contributed by atoms with Crippen molar-refractivity contribution < 1.29 is 23.9 Å². The number of H-pyrrole nitrogens is 1. The monoisotopic (exact) mass is 319 g/mol. The molecule has 0 aliphatic rings. The summed E-state index contributed by atoms with van der Waals surface area (Å²) in [5.74, 6) is -1.75. The molecule has 2 N–H and O–H groups in total. The highest BCUT2D eigenvalue weighted by atomic mass is 16.6. The van der Waals surface area contributed by atoms with Gasteiger partial charge in [-0.2, -0.15) is 5.10 Å². The van der Waals surface area contributed by atoms with Crippen molar-refractivity contribution in [1.29, 1.82) is 0 Å². The zero-order chi connectivity index (χ0) is 16.8. The number of aromatic amines is 1. The fraction of sp³-hybridized carbons (Fsp3) is 0.214. The van der Waals surface area contributed by atoms with Crippen molar-refractivity contribution in [2.24, 2.45) is 0 Å². The second-order valence-electron chi connectivity index (χ2n) is 4.29. The Morgan fingerprint density at radius 2 is 1.87 bits per heavy atom. The molecule has 2 rings (SSSR count). The molecular weight excluding hydrogens is 306 g/mol. The van der Waals surface area contributed by atoms with Crippen LogP contribution in [0.2, 0.25) is 0 Å². The molecule has 0 spiro atoms. The molecule has 0 aliphatic heterocycles. The van der Waals surface area contributed by atoms with Crippen LogP contribution in [0.15, 0.2) is 29.1 Å². The molecule has 2 amide bonds. The predicted octanol–water partition coefficient (Wildman–Crippen LogP) is 0.353. The van der Waals surface area contributed by atoms with Gasteiger partial charge in [-0.1, -0.05) is 18.2 Å². The van der Waals surface area contributed by atoms with E-state index in [1.54, 1.807) is 19.1 Å². The number of fused-ring (bicyclic) bond motifs is 1. The van der Waals surface area contributed by atoms with E-state index in [9.17, 15) is 19.2 Å². The minimum absolute atomic E-state index is 0.103. The van der Waals surface area contributed by atoms with Crippen molar-refractivity contribution in [2.45, 2.75) is 6.92 Å². The largest absolute Gasteiger partial charge is 0.451 e. The zero-order valence-electron chi connectivity index (χ0n) is 12.1. The molecule has 1 aromatic carbocycles. The van der Waals surface area contributed by atoms with Gasteiger partial charge in [0.1, 0.15) is 0 Å². The Kier molecular flexibility index (Phi) is 5.03. The van der Waals surface area contributed by atoms with E-state index < -0.39 is 30.1 Å². The maximum Gasteiger partial charge on any atom is 0.413 e. The molecular formula is C14H13N3O6. The van der Waals surface area contributed by atoms with Crippen LogP contribution in [0.1, 0.15) is 17.4 Å². The summed E-state index contributed by atoms with van der Waals surface area (Å²) >= 11 is 0. The van der Waals surface area contributed by atoms with Gasteiger partial charge in [-0.25, -0.2) is 14.7 Å². The number of ether oxygens (including phenoxy) is 2. The molecule has 0 saturated carbocycles. The number of hydrogen-bond acceptors (Lipinski definition) is 7. The molecule has 1 aromatic heterocycles. The number of benzene rings is 1. The Morgan fingerprint density at radius 3 is 2.57 bits per heavy atom. The Hall–Kier alpha value is -3.23. The first-order valence-corrected chi connectivity index (χ1v) is 6.64. The number of carbonyl (C=O) groups is 3. The fourth-order valence-electron chi connectivity index (χ4n) is 1.79. The molecule has 0 saturated heterocycles. The molecule has 1 heterocycles. The topological polar surface area (TPSA) is 127 Å². The van der Waals surface area contributed by atoms with Gasteiger partial charge in [0.2, 0.25) is 0 Å². The van der Waals surface area contributed by atoms with Gasteiger partial charge in [0.05, 0.1) is 12.0 Å². The van der Waals surface area contributed by atoms with E-state index in [1.807, 2.05) is 5.32 Å². The molecule has 23 heavy (non-hydrogen) atoms. The average molecular weight is 319 g/mol. The second kappa shape index (κ2) is 7.16. The Morgan fingerprint density at radius 1 is 1.17 bits per heavy atom. The first-order valence-electron chi connectivity index (χ1n) is 6.64. The van der Waals surface area contributed by atoms with Crippen LogP contribution < -0.4 is 10.9 Å². The molecule has 0 atom stereocenters. The molecule has 2 aromatic rings. The fourth-order valence-corrected chi connectivity index (χ4v) is 1.79. The van der Waals surface area contributed by atoms with Crippen molar-refractivity contribution in [3.8, 4) is 0 Å². The third-order valence-corrected chi connectivity index (χ3v) is 2.74. The maximum absolute atomic E-state index is 12.0. The van der Waals surface area contributed by atoms with Gasteiger partial charge in [-0.3, -0.25) is 14.9 Å². The summed E-state index contributed by atoms with van der Waals surface area (Å²) in [4.78, 5) is 46.0. The molecule has 0 bridgehead atoms. The van der Waals surface area contributed by atoms with E-state index in [2.05, 4.69) is 14.9 Å². The third-order valence-electron chi connectivity index (χ3n) is 2.74. The summed E-state index contributed by atoms with van der Waals surface area (Å²) in [7, 11) is 0. The Labute approximate surface area is 129 Å². The van der Waals surface area contributed by atoms with Crippen LogP contribution in [0.4, 0.5) is 4.79 Å². The van der Waals surface area contributed by atoms with Gasteiger partial charge >= 0.3 is 12.1 Å². The normalized spacial score (nSPS) is 10.1. The number of hydrogen-bond donors (Lipinski definition) is 2. The lowest BCUT2D eigenvalue weighted by Crippen LogP contribution is -2.34. The molecule has 0 fully saturated rings. The number of nitrogens with one attached hydrogen (secondary N) is 2. The van der Waals surface area contributed by atoms with Gasteiger partial charge in [-0.05, 0) is 13.0 Å². The summed E-state index contributed by atoms with van der Waals surface area (Å²) < 4.78 is 9.28. The smallest absolute Gasteiger partial charge is 0.413 e. The third kappa shape index (κ3) is 3.90. The Balaban J connectivity index is 2.07. The van der Waals surface area contributed by atoms with Gasteiger partial charge in [0.15, 0.2) is 12.3 Å². The predicted molar refractivity (Wildman–Crippen MR) is 77.8 cm³/mol. The summed E-state index contributed by atoms with van der Waals surface area (Å²) in [6.07, 6.45) is -0.929. The summed E-state index contributed by atoms with van der Waals surface area (Å²) in [6.45, 7) is 0.996. The molecule has 9 heteroatoms. The van der Waals surface area contributed by atoms with E-state index in [0.29, 0.717) is 5.39 Å². The molecule has 0 aliphatic carbocycles. The lowest BCUT2D eigenvalue weighted by molar-refractivity contribution is -0.123. The minimum atomic E-state index is -0.929. The summed E-state index contributed by atoms with van der Waals surface area (Å²) in [5, 5.41) is 8.26. The molecule has 0 unspecified atom stereocenters. The number of esters is 1. The molecule has 120 valence electrons. The van der Waals surface area contributed by atoms with E-state index in [0.717, 1.165) is 0 Å². The SMILES string of the molecule is CCOC(=O)NC(=O)COC(=O)c1n[nH]c(=O)c2ccccc12. The lowest BCUT2D eigenvalue weighted by Gasteiger charge is -2.06. The Bertz CT molecular complexity index is 814. The van der Waals surface area contributed by atoms with Crippen molar-refractivity contribution in [1.82, 2.24) is 15.5 Å². The van der Waals surface area contributed by atoms with Crippen molar-refractivity contribution in [3.63, 3.8) is 0 Å². The number of rotatable bonds is 4. The number of aromatic nitrogens is 2. The van der Waals surface area contributed by atoms with Crippen LogP contribution in [0.5, 0.6) is 0 Å². The number of carbonyl (C=O) groups excluding carboxylic acids is 3. The van der Waals surface area contributed by atoms with Gasteiger partial charge < -0.3 is 9.47 Å². The van der Waals surface area contributed by atoms with E-state index in [1.165, 1.54) is 12.1 Å². The number of alkyl carbamates (subject to hydrolysis) is 1. The van der Waals surface area contributed by atoms with Crippen molar-refractivity contribution >= 4 is 28.7 Å². The van der Waals surface area contributed by atoms with Crippen LogP contribution >= 0.6 is 0 Å². The van der Waals surface area contributed by atoms with Gasteiger partial charge in [0.25, 0.3) is 11.5 Å². The van der Waals surface area contributed by atoms with Crippen LogP contribution in [0, 0.1) is 0 Å². The lowest BCUT2D eigenvalue weighted by atomic mass is 10.1. The summed E-state index contributed by atoms with van der Waals surface area (Å²) in [6, 6.07) is 6.33. The minimum Gasteiger partial charge on any atom is -0.451 e. The van der Waals surface area contributed by atoms with Crippen LogP contribution in [-0.4, -0.2) is 41.4 Å². The first-order chi connectivity index (χ1) is 11.0. The summed E-state index contributed by atoms with van der Waals surface area (Å²) in [5.41, 5.74) is -0.582. The molecule has 0 radical (unpaired) electrons. The number of nitrogens with zero attached hydrogens (tertiary/aromatic N) is 1. The van der Waals surface area contributed by atoms with Crippen molar-refractivity contribution in [3.05, 3.63) is 40.3 Å². The van der Waals surface area contributed by atoms with Gasteiger partial charge in [0, 0.05) is 5.39 Å². The van der Waals surface area contributed by atoms with Crippen LogP contribution in [0.25, 0.3) is 10.8 Å². The van der Waals surface area contributed by atoms with E-state index >= 15 is 0 Å². The van der Waals surface area contributed by atoms with E-state index in [4.69, 9.17) is 4.74 Å². The highest BCUT2D eigenvalue weighted by Gasteiger charge is 2.17. The highest BCUT2D eigenvalue weighted by molar-refractivity contribution is 6.03. The van der Waals surface area contributed by atoms with Crippen molar-refractivity contribution in [2.75, 3.05) is 13.2 Å². The van der Waals surface area contributed by atoms with E-state index in [-0.39, 0.29) is 17.7 Å². The van der Waals surface area contributed by atoms with Crippen LogP contribution in [0.3, 0.4) is 0 Å². The first kappa shape index (κ1) is 16.1. The quantitative estimate of drug-likeness (QED) is 0.778. The maximum atomic E-state index is 12.0.